The zero-order valence-electron chi connectivity index (χ0n) is 10.2. The van der Waals surface area contributed by atoms with Crippen LogP contribution in [0.25, 0.3) is 0 Å². The first-order chi connectivity index (χ1) is 8.69. The first-order valence-electron chi connectivity index (χ1n) is 6.58. The molecule has 4 heteroatoms. The van der Waals surface area contributed by atoms with Crippen molar-refractivity contribution in [2.45, 2.75) is 31.7 Å². The highest BCUT2D eigenvalue weighted by molar-refractivity contribution is 6.36. The molecule has 2 aliphatic carbocycles. The molecular formula is C14H18Cl2N2. The summed E-state index contributed by atoms with van der Waals surface area (Å²) >= 11 is 12.4. The number of hydrogen-bond donors (Lipinski definition) is 2. The Bertz CT molecular complexity index is 419. The molecule has 0 heterocycles. The SMILES string of the molecule is NNC(Cc1c(Cl)cccc1Cl)C1CC2CC2C1. The summed E-state index contributed by atoms with van der Waals surface area (Å²) in [6.07, 6.45) is 4.86. The van der Waals surface area contributed by atoms with Gasteiger partial charge in [0.2, 0.25) is 0 Å². The fraction of sp³-hybridized carbons (Fsp3) is 0.571. The molecule has 2 fully saturated rings. The lowest BCUT2D eigenvalue weighted by Crippen LogP contribution is -2.42. The molecule has 1 aromatic carbocycles. The molecule has 3 N–H and O–H groups in total. The van der Waals surface area contributed by atoms with Crippen LogP contribution in [0.15, 0.2) is 18.2 Å². The van der Waals surface area contributed by atoms with E-state index in [4.69, 9.17) is 29.0 Å². The van der Waals surface area contributed by atoms with E-state index in [1.165, 1.54) is 19.3 Å². The topological polar surface area (TPSA) is 38.0 Å². The molecule has 2 saturated carbocycles. The van der Waals surface area contributed by atoms with E-state index in [1.54, 1.807) is 0 Å². The Balaban J connectivity index is 1.73. The van der Waals surface area contributed by atoms with Crippen molar-refractivity contribution in [1.82, 2.24) is 5.43 Å². The van der Waals surface area contributed by atoms with Gasteiger partial charge in [0.15, 0.2) is 0 Å². The molecule has 3 atom stereocenters. The van der Waals surface area contributed by atoms with E-state index in [1.807, 2.05) is 18.2 Å². The molecule has 0 amide bonds. The summed E-state index contributed by atoms with van der Waals surface area (Å²) in [5.41, 5.74) is 3.99. The summed E-state index contributed by atoms with van der Waals surface area (Å²) in [6, 6.07) is 5.95. The monoisotopic (exact) mass is 284 g/mol. The highest BCUT2D eigenvalue weighted by Crippen LogP contribution is 2.55. The van der Waals surface area contributed by atoms with E-state index in [0.717, 1.165) is 33.9 Å². The molecule has 0 spiro atoms. The third-order valence-electron chi connectivity index (χ3n) is 4.55. The maximum Gasteiger partial charge on any atom is 0.0453 e. The molecule has 98 valence electrons. The van der Waals surface area contributed by atoms with Crippen molar-refractivity contribution in [3.8, 4) is 0 Å². The van der Waals surface area contributed by atoms with Gasteiger partial charge in [0, 0.05) is 16.1 Å². The van der Waals surface area contributed by atoms with Crippen LogP contribution < -0.4 is 11.3 Å². The minimum absolute atomic E-state index is 0.287. The molecule has 0 aromatic heterocycles. The number of hydrazine groups is 1. The predicted octanol–water partition coefficient (Wildman–Crippen LogP) is 3.41. The van der Waals surface area contributed by atoms with Crippen LogP contribution >= 0.6 is 23.2 Å². The Morgan fingerprint density at radius 3 is 2.33 bits per heavy atom. The van der Waals surface area contributed by atoms with Gasteiger partial charge in [-0.15, -0.1) is 0 Å². The zero-order valence-corrected chi connectivity index (χ0v) is 11.7. The molecule has 0 radical (unpaired) electrons. The Kier molecular flexibility index (Phi) is 3.55. The second kappa shape index (κ2) is 5.01. The molecular weight excluding hydrogens is 267 g/mol. The van der Waals surface area contributed by atoms with Crippen LogP contribution in [0.1, 0.15) is 24.8 Å². The van der Waals surface area contributed by atoms with E-state index < -0.39 is 0 Å². The zero-order chi connectivity index (χ0) is 12.7. The minimum Gasteiger partial charge on any atom is -0.271 e. The smallest absolute Gasteiger partial charge is 0.0453 e. The largest absolute Gasteiger partial charge is 0.271 e. The van der Waals surface area contributed by atoms with Crippen LogP contribution in [-0.2, 0) is 6.42 Å². The molecule has 0 bridgehead atoms. The van der Waals surface area contributed by atoms with E-state index in [-0.39, 0.29) is 6.04 Å². The quantitative estimate of drug-likeness (QED) is 0.657. The van der Waals surface area contributed by atoms with E-state index in [0.29, 0.717) is 5.92 Å². The van der Waals surface area contributed by atoms with E-state index in [2.05, 4.69) is 5.43 Å². The summed E-state index contributed by atoms with van der Waals surface area (Å²) in [4.78, 5) is 0. The lowest BCUT2D eigenvalue weighted by Gasteiger charge is -2.25. The van der Waals surface area contributed by atoms with Gasteiger partial charge in [-0.1, -0.05) is 29.3 Å². The summed E-state index contributed by atoms with van der Waals surface area (Å²) < 4.78 is 0. The Labute approximate surface area is 118 Å². The van der Waals surface area contributed by atoms with Crippen LogP contribution in [0.2, 0.25) is 10.0 Å². The van der Waals surface area contributed by atoms with Gasteiger partial charge in [-0.3, -0.25) is 11.3 Å². The van der Waals surface area contributed by atoms with Crippen molar-refractivity contribution in [3.05, 3.63) is 33.8 Å². The second-order valence-electron chi connectivity index (χ2n) is 5.66. The van der Waals surface area contributed by atoms with Crippen molar-refractivity contribution in [2.24, 2.45) is 23.6 Å². The number of hydrogen-bond acceptors (Lipinski definition) is 2. The van der Waals surface area contributed by atoms with Gasteiger partial charge in [-0.25, -0.2) is 0 Å². The van der Waals surface area contributed by atoms with Crippen molar-refractivity contribution < 1.29 is 0 Å². The molecule has 3 unspecified atom stereocenters. The maximum absolute atomic E-state index is 6.22. The number of halogens is 2. The van der Waals surface area contributed by atoms with Crippen molar-refractivity contribution in [2.75, 3.05) is 0 Å². The molecule has 0 saturated heterocycles. The summed E-state index contributed by atoms with van der Waals surface area (Å²) in [7, 11) is 0. The van der Waals surface area contributed by atoms with Crippen molar-refractivity contribution >= 4 is 23.2 Å². The molecule has 18 heavy (non-hydrogen) atoms. The molecule has 1 aromatic rings. The lowest BCUT2D eigenvalue weighted by molar-refractivity contribution is 0.336. The summed E-state index contributed by atoms with van der Waals surface area (Å²) in [6.45, 7) is 0. The van der Waals surface area contributed by atoms with Crippen LogP contribution in [0, 0.1) is 17.8 Å². The first kappa shape index (κ1) is 12.7. The van der Waals surface area contributed by atoms with Gasteiger partial charge in [-0.05, 0) is 61.1 Å². The van der Waals surface area contributed by atoms with Crippen molar-refractivity contribution in [1.29, 1.82) is 0 Å². The Hall–Kier alpha value is -0.280. The van der Waals surface area contributed by atoms with Gasteiger partial charge >= 0.3 is 0 Å². The number of benzene rings is 1. The fourth-order valence-electron chi connectivity index (χ4n) is 3.40. The fourth-order valence-corrected chi connectivity index (χ4v) is 3.95. The highest BCUT2D eigenvalue weighted by Gasteiger charge is 2.47. The average Bonchev–Trinajstić information content (AvgIpc) is 2.96. The van der Waals surface area contributed by atoms with Gasteiger partial charge in [0.1, 0.15) is 0 Å². The second-order valence-corrected chi connectivity index (χ2v) is 6.48. The maximum atomic E-state index is 6.22. The number of fused-ring (bicyclic) bond motifs is 1. The summed E-state index contributed by atoms with van der Waals surface area (Å²) in [5.74, 6) is 8.33. The minimum atomic E-state index is 0.287. The molecule has 2 nitrogen and oxygen atoms in total. The molecule has 3 rings (SSSR count). The number of rotatable bonds is 4. The molecule has 0 aliphatic heterocycles. The lowest BCUT2D eigenvalue weighted by atomic mass is 9.90. The van der Waals surface area contributed by atoms with Crippen LogP contribution in [0.4, 0.5) is 0 Å². The first-order valence-corrected chi connectivity index (χ1v) is 7.33. The third-order valence-corrected chi connectivity index (χ3v) is 5.26. The van der Waals surface area contributed by atoms with Gasteiger partial charge in [-0.2, -0.15) is 0 Å². The van der Waals surface area contributed by atoms with Gasteiger partial charge in [0.25, 0.3) is 0 Å². The van der Waals surface area contributed by atoms with Crippen molar-refractivity contribution in [3.63, 3.8) is 0 Å². The Morgan fingerprint density at radius 2 is 1.78 bits per heavy atom. The van der Waals surface area contributed by atoms with Gasteiger partial charge in [0.05, 0.1) is 0 Å². The number of nitrogens with one attached hydrogen (secondary N) is 1. The van der Waals surface area contributed by atoms with Crippen LogP contribution in [0.5, 0.6) is 0 Å². The normalized spacial score (nSPS) is 31.2. The van der Waals surface area contributed by atoms with E-state index in [9.17, 15) is 0 Å². The van der Waals surface area contributed by atoms with E-state index >= 15 is 0 Å². The highest BCUT2D eigenvalue weighted by atomic mass is 35.5. The number of nitrogens with two attached hydrogens (primary N) is 1. The van der Waals surface area contributed by atoms with Crippen LogP contribution in [0.3, 0.4) is 0 Å². The standard InChI is InChI=1S/C14H18Cl2N2/c15-12-2-1-3-13(16)11(12)7-14(18-17)10-5-8-4-9(8)6-10/h1-3,8-10,14,18H,4-7,17H2. The Morgan fingerprint density at radius 1 is 1.17 bits per heavy atom. The summed E-state index contributed by atoms with van der Waals surface area (Å²) in [5, 5.41) is 1.48. The van der Waals surface area contributed by atoms with Crippen LogP contribution in [-0.4, -0.2) is 6.04 Å². The average molecular weight is 285 g/mol. The van der Waals surface area contributed by atoms with Gasteiger partial charge < -0.3 is 0 Å². The third kappa shape index (κ3) is 2.39. The predicted molar refractivity (Wildman–Crippen MR) is 75.6 cm³/mol. The molecule has 2 aliphatic rings.